The van der Waals surface area contributed by atoms with Gasteiger partial charge in [-0.1, -0.05) is 24.3 Å². The molecule has 5 rings (SSSR count). The molecule has 0 amide bonds. The molecule has 6 heteroatoms. The molecule has 0 saturated carbocycles. The minimum absolute atomic E-state index is 0.258. The fourth-order valence-electron chi connectivity index (χ4n) is 4.40. The third-order valence-electron chi connectivity index (χ3n) is 6.11. The predicted octanol–water partition coefficient (Wildman–Crippen LogP) is 6.05. The molecule has 2 aromatic carbocycles. The van der Waals surface area contributed by atoms with Crippen LogP contribution in [-0.4, -0.2) is 34.5 Å². The zero-order chi connectivity index (χ0) is 22.6. The highest BCUT2D eigenvalue weighted by atomic mass is 32.2. The van der Waals surface area contributed by atoms with Crippen LogP contribution in [0, 0.1) is 0 Å². The molecule has 1 aliphatic heterocycles. The Balaban J connectivity index is 1.42. The SMILES string of the molecule is COc1ccc(COC[C@@H]2CCc3nc(-c4ccc(SC)cc4)c(-c4ccncc4)n32)cc1. The maximum atomic E-state index is 6.17. The number of ether oxygens (including phenoxy) is 2. The third kappa shape index (κ3) is 4.54. The zero-order valence-electron chi connectivity index (χ0n) is 18.9. The van der Waals surface area contributed by atoms with Crippen LogP contribution in [0.5, 0.6) is 5.75 Å². The number of hydrogen-bond donors (Lipinski definition) is 0. The van der Waals surface area contributed by atoms with Crippen molar-refractivity contribution in [3.63, 3.8) is 0 Å². The van der Waals surface area contributed by atoms with Crippen LogP contribution < -0.4 is 4.74 Å². The van der Waals surface area contributed by atoms with Crippen LogP contribution in [0.25, 0.3) is 22.5 Å². The summed E-state index contributed by atoms with van der Waals surface area (Å²) in [5.41, 5.74) is 5.60. The lowest BCUT2D eigenvalue weighted by molar-refractivity contribution is 0.0925. The summed E-state index contributed by atoms with van der Waals surface area (Å²) < 4.78 is 13.8. The van der Waals surface area contributed by atoms with Gasteiger partial charge in [-0.05, 0) is 54.6 Å². The van der Waals surface area contributed by atoms with Crippen molar-refractivity contribution in [3.05, 3.63) is 84.4 Å². The van der Waals surface area contributed by atoms with Crippen LogP contribution in [0.4, 0.5) is 0 Å². The van der Waals surface area contributed by atoms with Gasteiger partial charge in [-0.25, -0.2) is 4.98 Å². The maximum absolute atomic E-state index is 6.17. The maximum Gasteiger partial charge on any atom is 0.118 e. The van der Waals surface area contributed by atoms with Gasteiger partial charge in [0.15, 0.2) is 0 Å². The molecule has 3 heterocycles. The van der Waals surface area contributed by atoms with E-state index in [9.17, 15) is 0 Å². The van der Waals surface area contributed by atoms with Crippen LogP contribution in [0.15, 0.2) is 78.0 Å². The first kappa shape index (κ1) is 21.7. The van der Waals surface area contributed by atoms with E-state index in [1.54, 1.807) is 18.9 Å². The van der Waals surface area contributed by atoms with Crippen LogP contribution in [-0.2, 0) is 17.8 Å². The number of pyridine rings is 1. The second kappa shape index (κ2) is 9.81. The van der Waals surface area contributed by atoms with E-state index >= 15 is 0 Å². The van der Waals surface area contributed by atoms with Gasteiger partial charge in [0.2, 0.25) is 0 Å². The van der Waals surface area contributed by atoms with Gasteiger partial charge in [0.1, 0.15) is 11.6 Å². The van der Waals surface area contributed by atoms with Gasteiger partial charge in [0.05, 0.1) is 37.8 Å². The third-order valence-corrected chi connectivity index (χ3v) is 6.85. The zero-order valence-corrected chi connectivity index (χ0v) is 19.7. The molecule has 0 spiro atoms. The van der Waals surface area contributed by atoms with Gasteiger partial charge in [-0.15, -0.1) is 11.8 Å². The van der Waals surface area contributed by atoms with E-state index in [1.165, 1.54) is 4.90 Å². The molecule has 0 saturated heterocycles. The molecule has 0 fully saturated rings. The molecule has 0 aliphatic carbocycles. The summed E-state index contributed by atoms with van der Waals surface area (Å²) in [5, 5.41) is 0. The first-order chi connectivity index (χ1) is 16.3. The quantitative estimate of drug-likeness (QED) is 0.302. The van der Waals surface area contributed by atoms with Crippen LogP contribution >= 0.6 is 11.8 Å². The van der Waals surface area contributed by atoms with E-state index in [-0.39, 0.29) is 6.04 Å². The molecule has 2 aromatic heterocycles. The molecular weight excluding hydrogens is 430 g/mol. The van der Waals surface area contributed by atoms with Crippen LogP contribution in [0.1, 0.15) is 23.9 Å². The van der Waals surface area contributed by atoms with E-state index in [4.69, 9.17) is 14.5 Å². The Hall–Kier alpha value is -3.09. The van der Waals surface area contributed by atoms with E-state index in [1.807, 2.05) is 24.5 Å². The second-order valence-corrected chi connectivity index (χ2v) is 8.99. The van der Waals surface area contributed by atoms with Crippen molar-refractivity contribution in [3.8, 4) is 28.3 Å². The highest BCUT2D eigenvalue weighted by molar-refractivity contribution is 7.98. The van der Waals surface area contributed by atoms with Gasteiger partial charge in [-0.3, -0.25) is 4.98 Å². The number of imidazole rings is 1. The minimum Gasteiger partial charge on any atom is -0.497 e. The van der Waals surface area contributed by atoms with E-state index in [0.717, 1.165) is 52.5 Å². The Morgan fingerprint density at radius 2 is 1.73 bits per heavy atom. The molecule has 0 unspecified atom stereocenters. The molecule has 4 aromatic rings. The van der Waals surface area contributed by atoms with Gasteiger partial charge in [0.25, 0.3) is 0 Å². The van der Waals surface area contributed by atoms with Crippen molar-refractivity contribution in [2.75, 3.05) is 20.0 Å². The summed E-state index contributed by atoms with van der Waals surface area (Å²) >= 11 is 1.75. The monoisotopic (exact) mass is 457 g/mol. The average molecular weight is 458 g/mol. The molecule has 0 radical (unpaired) electrons. The fraction of sp³-hybridized carbons (Fsp3) is 0.259. The Labute approximate surface area is 198 Å². The number of fused-ring (bicyclic) bond motifs is 1. The predicted molar refractivity (Wildman–Crippen MR) is 133 cm³/mol. The Kier molecular flexibility index (Phi) is 6.46. The van der Waals surface area contributed by atoms with Crippen molar-refractivity contribution in [2.45, 2.75) is 30.4 Å². The largest absolute Gasteiger partial charge is 0.497 e. The van der Waals surface area contributed by atoms with E-state index < -0.39 is 0 Å². The number of aryl methyl sites for hydroxylation is 1. The molecule has 1 aliphatic rings. The van der Waals surface area contributed by atoms with Crippen LogP contribution in [0.2, 0.25) is 0 Å². The standard InChI is InChI=1S/C27H27N3O2S/c1-31-23-8-3-19(4-9-23)17-32-18-22-7-12-25-29-26(20-5-10-24(33-2)11-6-20)27(30(22)25)21-13-15-28-16-14-21/h3-6,8-11,13-16,22H,7,12,17-18H2,1-2H3/t22-/m0/s1. The Bertz CT molecular complexity index is 1200. The molecule has 1 atom stereocenters. The number of benzene rings is 2. The summed E-state index contributed by atoms with van der Waals surface area (Å²) in [7, 11) is 1.68. The average Bonchev–Trinajstić information content (AvgIpc) is 3.45. The van der Waals surface area contributed by atoms with Crippen molar-refractivity contribution in [1.82, 2.24) is 14.5 Å². The number of thioether (sulfide) groups is 1. The minimum atomic E-state index is 0.258. The molecular formula is C27H27N3O2S. The lowest BCUT2D eigenvalue weighted by atomic mass is 10.0. The van der Waals surface area contributed by atoms with E-state index in [0.29, 0.717) is 13.2 Å². The number of aromatic nitrogens is 3. The number of hydrogen-bond acceptors (Lipinski definition) is 5. The Morgan fingerprint density at radius 1 is 0.970 bits per heavy atom. The van der Waals surface area contributed by atoms with Crippen molar-refractivity contribution < 1.29 is 9.47 Å². The smallest absolute Gasteiger partial charge is 0.118 e. The van der Waals surface area contributed by atoms with Gasteiger partial charge in [-0.2, -0.15) is 0 Å². The van der Waals surface area contributed by atoms with Gasteiger partial charge < -0.3 is 14.0 Å². The number of rotatable bonds is 8. The lowest BCUT2D eigenvalue weighted by Gasteiger charge is -2.18. The van der Waals surface area contributed by atoms with Crippen molar-refractivity contribution >= 4 is 11.8 Å². The van der Waals surface area contributed by atoms with Crippen molar-refractivity contribution in [2.24, 2.45) is 0 Å². The normalized spacial score (nSPS) is 14.9. The summed E-state index contributed by atoms with van der Waals surface area (Å²) in [4.78, 5) is 10.6. The number of methoxy groups -OCH3 is 1. The summed E-state index contributed by atoms with van der Waals surface area (Å²) in [6, 6.07) is 21.1. The molecule has 5 nitrogen and oxygen atoms in total. The van der Waals surface area contributed by atoms with Crippen LogP contribution in [0.3, 0.4) is 0 Å². The molecule has 168 valence electrons. The van der Waals surface area contributed by atoms with Gasteiger partial charge >= 0.3 is 0 Å². The summed E-state index contributed by atoms with van der Waals surface area (Å²) in [6.45, 7) is 1.23. The fourth-order valence-corrected chi connectivity index (χ4v) is 4.81. The highest BCUT2D eigenvalue weighted by Gasteiger charge is 2.30. The topological polar surface area (TPSA) is 49.2 Å². The van der Waals surface area contributed by atoms with Crippen molar-refractivity contribution in [1.29, 1.82) is 0 Å². The molecule has 0 N–H and O–H groups in total. The molecule has 0 bridgehead atoms. The van der Waals surface area contributed by atoms with E-state index in [2.05, 4.69) is 64.3 Å². The highest BCUT2D eigenvalue weighted by Crippen LogP contribution is 2.40. The number of nitrogens with zero attached hydrogens (tertiary/aromatic N) is 3. The summed E-state index contributed by atoms with van der Waals surface area (Å²) in [5.74, 6) is 1.99. The molecule has 33 heavy (non-hydrogen) atoms. The van der Waals surface area contributed by atoms with Gasteiger partial charge in [0, 0.05) is 34.8 Å². The summed E-state index contributed by atoms with van der Waals surface area (Å²) in [6.07, 6.45) is 7.78. The lowest BCUT2D eigenvalue weighted by Crippen LogP contribution is -2.13. The first-order valence-corrected chi connectivity index (χ1v) is 12.4. The Morgan fingerprint density at radius 3 is 2.42 bits per heavy atom. The second-order valence-electron chi connectivity index (χ2n) is 8.12. The first-order valence-electron chi connectivity index (χ1n) is 11.1.